The molecular formula is C9H4N4O4. The van der Waals surface area contributed by atoms with Gasteiger partial charge in [0.25, 0.3) is 5.78 Å². The van der Waals surface area contributed by atoms with Crippen LogP contribution in [0.2, 0.25) is 0 Å². The number of para-hydroxylation sites is 1. The van der Waals surface area contributed by atoms with Crippen molar-refractivity contribution in [3.8, 4) is 5.75 Å². The van der Waals surface area contributed by atoms with Crippen molar-refractivity contribution in [2.45, 2.75) is 0 Å². The minimum Gasteiger partial charge on any atom is -0.428 e. The fourth-order valence-corrected chi connectivity index (χ4v) is 1.35. The number of hydrazone groups is 1. The SMILES string of the molecule is [N-]=[N+]=C1C(=O)c2ccccc2O/C1=N\[N+](=O)[O-]. The lowest BCUT2D eigenvalue weighted by Crippen LogP contribution is -2.35. The number of ketones is 1. The van der Waals surface area contributed by atoms with Crippen LogP contribution in [0.15, 0.2) is 29.4 Å². The van der Waals surface area contributed by atoms with E-state index in [1.54, 1.807) is 12.1 Å². The Kier molecular flexibility index (Phi) is 2.48. The smallest absolute Gasteiger partial charge is 0.428 e. The van der Waals surface area contributed by atoms with Gasteiger partial charge in [0.15, 0.2) is 5.03 Å². The van der Waals surface area contributed by atoms with Crippen molar-refractivity contribution in [3.63, 3.8) is 0 Å². The van der Waals surface area contributed by atoms with Crippen LogP contribution in [0.4, 0.5) is 0 Å². The summed E-state index contributed by atoms with van der Waals surface area (Å²) in [6.07, 6.45) is 0. The number of rotatable bonds is 1. The fraction of sp³-hybridized carbons (Fsp3) is 0. The third kappa shape index (κ3) is 1.80. The maximum atomic E-state index is 11.8. The first kappa shape index (κ1) is 10.7. The summed E-state index contributed by atoms with van der Waals surface area (Å²) in [5.41, 5.74) is 8.21. The molecule has 0 atom stereocenters. The highest BCUT2D eigenvalue weighted by Crippen LogP contribution is 2.23. The number of carbonyl (C=O) groups excluding carboxylic acids is 1. The molecule has 0 fully saturated rings. The molecule has 0 saturated carbocycles. The molecule has 0 bridgehead atoms. The van der Waals surface area contributed by atoms with Gasteiger partial charge in [-0.1, -0.05) is 12.1 Å². The largest absolute Gasteiger partial charge is 0.430 e. The quantitative estimate of drug-likeness (QED) is 0.303. The van der Waals surface area contributed by atoms with E-state index in [2.05, 4.69) is 9.89 Å². The number of nitrogens with zero attached hydrogens (tertiary/aromatic N) is 4. The lowest BCUT2D eigenvalue weighted by Gasteiger charge is -2.11. The van der Waals surface area contributed by atoms with Gasteiger partial charge in [0.2, 0.25) is 0 Å². The first-order valence-electron chi connectivity index (χ1n) is 4.40. The molecule has 8 nitrogen and oxygen atoms in total. The van der Waals surface area contributed by atoms with E-state index in [1.807, 2.05) is 0 Å². The number of carbonyl (C=O) groups is 1. The van der Waals surface area contributed by atoms with Crippen LogP contribution in [0.3, 0.4) is 0 Å². The van der Waals surface area contributed by atoms with Crippen LogP contribution in [0, 0.1) is 10.1 Å². The summed E-state index contributed by atoms with van der Waals surface area (Å²) >= 11 is 0. The Morgan fingerprint density at radius 3 is 2.76 bits per heavy atom. The predicted octanol–water partition coefficient (Wildman–Crippen LogP) is 0.523. The zero-order valence-electron chi connectivity index (χ0n) is 8.23. The van der Waals surface area contributed by atoms with Gasteiger partial charge < -0.3 is 10.3 Å². The van der Waals surface area contributed by atoms with Gasteiger partial charge in [-0.15, -0.1) is 0 Å². The number of nitro groups is 1. The Balaban J connectivity index is 2.61. The molecule has 0 aliphatic carbocycles. The minimum atomic E-state index is -1.04. The average Bonchev–Trinajstić information content (AvgIpc) is 2.29. The highest BCUT2D eigenvalue weighted by Gasteiger charge is 2.40. The summed E-state index contributed by atoms with van der Waals surface area (Å²) < 4.78 is 5.01. The maximum absolute atomic E-state index is 11.8. The number of benzene rings is 1. The molecular weight excluding hydrogens is 228 g/mol. The molecule has 0 aromatic heterocycles. The van der Waals surface area contributed by atoms with Crippen molar-refractivity contribution >= 4 is 17.4 Å². The molecule has 1 aromatic rings. The highest BCUT2D eigenvalue weighted by atomic mass is 16.7. The van der Waals surface area contributed by atoms with E-state index in [1.165, 1.54) is 12.1 Å². The number of Topliss-reactive ketones (excluding diaryl/α,β-unsaturated/α-hetero) is 1. The molecule has 0 radical (unpaired) electrons. The van der Waals surface area contributed by atoms with Crippen LogP contribution in [0.5, 0.6) is 5.75 Å². The van der Waals surface area contributed by atoms with Crippen LogP contribution in [-0.4, -0.2) is 27.2 Å². The Bertz CT molecular complexity index is 601. The number of ether oxygens (including phenoxy) is 1. The maximum Gasteiger partial charge on any atom is 0.430 e. The second-order valence-corrected chi connectivity index (χ2v) is 3.02. The highest BCUT2D eigenvalue weighted by molar-refractivity contribution is 6.68. The van der Waals surface area contributed by atoms with Gasteiger partial charge in [-0.2, -0.15) is 4.79 Å². The summed E-state index contributed by atoms with van der Waals surface area (Å²) in [5, 5.41) is 12.0. The monoisotopic (exact) mass is 232 g/mol. The van der Waals surface area contributed by atoms with Crippen molar-refractivity contribution in [1.29, 1.82) is 0 Å². The second kappa shape index (κ2) is 3.95. The molecule has 84 valence electrons. The molecule has 0 amide bonds. The summed E-state index contributed by atoms with van der Waals surface area (Å²) in [5.74, 6) is -1.19. The molecule has 0 spiro atoms. The van der Waals surface area contributed by atoms with Crippen LogP contribution < -0.4 is 4.74 Å². The lowest BCUT2D eigenvalue weighted by atomic mass is 10.0. The molecule has 1 heterocycles. The summed E-state index contributed by atoms with van der Waals surface area (Å²) in [4.78, 5) is 24.7. The first-order valence-corrected chi connectivity index (χ1v) is 4.40. The van der Waals surface area contributed by atoms with E-state index in [4.69, 9.17) is 10.3 Å². The third-order valence-electron chi connectivity index (χ3n) is 2.03. The fourth-order valence-electron chi connectivity index (χ4n) is 1.35. The van der Waals surface area contributed by atoms with E-state index < -0.39 is 22.4 Å². The van der Waals surface area contributed by atoms with Crippen molar-refractivity contribution in [2.75, 3.05) is 0 Å². The van der Waals surface area contributed by atoms with Gasteiger partial charge in [0.1, 0.15) is 10.9 Å². The zero-order valence-corrected chi connectivity index (χ0v) is 8.23. The summed E-state index contributed by atoms with van der Waals surface area (Å²) in [6.45, 7) is 0. The van der Waals surface area contributed by atoms with Gasteiger partial charge >= 0.3 is 11.6 Å². The van der Waals surface area contributed by atoms with Crippen molar-refractivity contribution in [1.82, 2.24) is 0 Å². The Hall–Kier alpha value is -2.86. The van der Waals surface area contributed by atoms with Gasteiger partial charge in [-0.05, 0) is 12.1 Å². The van der Waals surface area contributed by atoms with Gasteiger partial charge in [-0.25, -0.2) is 10.1 Å². The molecule has 1 aliphatic rings. The van der Waals surface area contributed by atoms with Gasteiger partial charge in [0.05, 0.1) is 5.56 Å². The number of hydrogen-bond acceptors (Lipinski definition) is 4. The molecule has 0 N–H and O–H groups in total. The van der Waals surface area contributed by atoms with Crippen LogP contribution in [-0.2, 0) is 0 Å². The summed E-state index contributed by atoms with van der Waals surface area (Å²) in [6, 6.07) is 6.09. The van der Waals surface area contributed by atoms with Crippen LogP contribution >= 0.6 is 0 Å². The minimum absolute atomic E-state index is 0.130. The normalized spacial score (nSPS) is 16.1. The van der Waals surface area contributed by atoms with E-state index in [9.17, 15) is 14.9 Å². The zero-order chi connectivity index (χ0) is 12.4. The third-order valence-corrected chi connectivity index (χ3v) is 2.03. The molecule has 8 heteroatoms. The van der Waals surface area contributed by atoms with Crippen molar-refractivity contribution in [3.05, 3.63) is 45.5 Å². The molecule has 1 aliphatic heterocycles. The molecule has 1 aromatic carbocycles. The predicted molar refractivity (Wildman–Crippen MR) is 54.5 cm³/mol. The van der Waals surface area contributed by atoms with E-state index in [-0.39, 0.29) is 11.3 Å². The number of fused-ring (bicyclic) bond motifs is 1. The van der Waals surface area contributed by atoms with E-state index >= 15 is 0 Å². The molecule has 0 saturated heterocycles. The topological polar surface area (TPSA) is 118 Å². The van der Waals surface area contributed by atoms with E-state index in [0.717, 1.165) is 0 Å². The first-order chi connectivity index (χ1) is 8.13. The lowest BCUT2D eigenvalue weighted by molar-refractivity contribution is -0.485. The van der Waals surface area contributed by atoms with Gasteiger partial charge in [0, 0.05) is 0 Å². The molecule has 0 unspecified atom stereocenters. The van der Waals surface area contributed by atoms with Gasteiger partial charge in [-0.3, -0.25) is 4.79 Å². The molecule has 2 rings (SSSR count). The van der Waals surface area contributed by atoms with Crippen LogP contribution in [0.25, 0.3) is 5.53 Å². The Labute approximate surface area is 93.9 Å². The second-order valence-electron chi connectivity index (χ2n) is 3.02. The molecule has 17 heavy (non-hydrogen) atoms. The van der Waals surface area contributed by atoms with Crippen LogP contribution in [0.1, 0.15) is 10.4 Å². The Morgan fingerprint density at radius 2 is 2.12 bits per heavy atom. The Morgan fingerprint density at radius 1 is 1.41 bits per heavy atom. The van der Waals surface area contributed by atoms with Crippen molar-refractivity contribution < 1.29 is 19.4 Å². The standard InChI is InChI=1S/C9H4N4O4/c10-11-7-8(14)5-3-1-2-4-6(5)17-9(7)12-13(15)16/h1-4H/b12-9-. The summed E-state index contributed by atoms with van der Waals surface area (Å²) in [7, 11) is 0. The average molecular weight is 232 g/mol. The number of hydrogen-bond donors (Lipinski definition) is 0. The van der Waals surface area contributed by atoms with Crippen molar-refractivity contribution in [2.24, 2.45) is 5.10 Å². The van der Waals surface area contributed by atoms with E-state index in [0.29, 0.717) is 0 Å².